The quantitative estimate of drug-likeness (QED) is 0.865. The summed E-state index contributed by atoms with van der Waals surface area (Å²) in [4.78, 5) is 0. The largest absolute Gasteiger partial charge is 0.387 e. The molecule has 1 unspecified atom stereocenters. The second-order valence-electron chi connectivity index (χ2n) is 4.63. The molecule has 0 saturated carbocycles. The second kappa shape index (κ2) is 6.45. The number of halogens is 1. The Labute approximate surface area is 112 Å². The van der Waals surface area contributed by atoms with Crippen LogP contribution in [0.5, 0.6) is 0 Å². The number of hydrogen-bond donors (Lipinski definition) is 2. The molecule has 3 heteroatoms. The number of aryl methyl sites for hydroxylation is 1. The fraction of sp³-hybridized carbons (Fsp3) is 0.250. The highest BCUT2D eigenvalue weighted by Crippen LogP contribution is 2.13. The van der Waals surface area contributed by atoms with E-state index < -0.39 is 6.10 Å². The molecule has 2 aromatic rings. The second-order valence-corrected chi connectivity index (χ2v) is 4.63. The Kier molecular flexibility index (Phi) is 4.66. The molecule has 0 aliphatic carbocycles. The summed E-state index contributed by atoms with van der Waals surface area (Å²) < 4.78 is 13.0. The van der Waals surface area contributed by atoms with Crippen LogP contribution in [-0.2, 0) is 6.54 Å². The van der Waals surface area contributed by atoms with Gasteiger partial charge >= 0.3 is 0 Å². The molecule has 2 aromatic carbocycles. The van der Waals surface area contributed by atoms with E-state index in [-0.39, 0.29) is 5.82 Å². The van der Waals surface area contributed by atoms with Crippen molar-refractivity contribution in [3.8, 4) is 0 Å². The van der Waals surface area contributed by atoms with Crippen molar-refractivity contribution in [2.75, 3.05) is 6.54 Å². The van der Waals surface area contributed by atoms with Crippen LogP contribution in [0.2, 0.25) is 0 Å². The highest BCUT2D eigenvalue weighted by molar-refractivity contribution is 5.25. The zero-order valence-corrected chi connectivity index (χ0v) is 10.9. The first kappa shape index (κ1) is 13.7. The topological polar surface area (TPSA) is 32.3 Å². The van der Waals surface area contributed by atoms with Crippen LogP contribution >= 0.6 is 0 Å². The van der Waals surface area contributed by atoms with Gasteiger partial charge in [0.2, 0.25) is 0 Å². The van der Waals surface area contributed by atoms with Gasteiger partial charge in [-0.15, -0.1) is 0 Å². The zero-order chi connectivity index (χ0) is 13.7. The molecule has 100 valence electrons. The van der Waals surface area contributed by atoms with Gasteiger partial charge in [0, 0.05) is 13.1 Å². The van der Waals surface area contributed by atoms with E-state index in [1.54, 1.807) is 12.1 Å². The van der Waals surface area contributed by atoms with Gasteiger partial charge in [-0.2, -0.15) is 0 Å². The number of nitrogens with one attached hydrogen (secondary N) is 1. The van der Waals surface area contributed by atoms with E-state index in [0.717, 1.165) is 0 Å². The van der Waals surface area contributed by atoms with Gasteiger partial charge in [-0.1, -0.05) is 36.4 Å². The minimum atomic E-state index is -0.695. The van der Waals surface area contributed by atoms with Gasteiger partial charge in [0.25, 0.3) is 0 Å². The molecule has 0 radical (unpaired) electrons. The van der Waals surface area contributed by atoms with Crippen molar-refractivity contribution in [3.05, 3.63) is 71.0 Å². The smallest absolute Gasteiger partial charge is 0.123 e. The van der Waals surface area contributed by atoms with Gasteiger partial charge in [-0.25, -0.2) is 4.39 Å². The predicted octanol–water partition coefficient (Wildman–Crippen LogP) is 2.96. The summed E-state index contributed by atoms with van der Waals surface area (Å²) in [5.74, 6) is -0.324. The van der Waals surface area contributed by atoms with Crippen LogP contribution in [0, 0.1) is 12.7 Å². The molecule has 1 atom stereocenters. The lowest BCUT2D eigenvalue weighted by Crippen LogP contribution is -2.21. The van der Waals surface area contributed by atoms with Gasteiger partial charge in [-0.3, -0.25) is 0 Å². The standard InChI is InChI=1S/C16H18FNO/c1-12-5-2-3-6-14(12)10-18-11-16(19)13-7-4-8-15(17)9-13/h2-9,16,18-19H,10-11H2,1H3. The Morgan fingerprint density at radius 3 is 2.68 bits per heavy atom. The van der Waals surface area contributed by atoms with Gasteiger partial charge in [0.05, 0.1) is 6.10 Å². The third kappa shape index (κ3) is 3.88. The number of rotatable bonds is 5. The summed E-state index contributed by atoms with van der Waals surface area (Å²) in [6.45, 7) is 3.15. The van der Waals surface area contributed by atoms with E-state index >= 15 is 0 Å². The van der Waals surface area contributed by atoms with Crippen molar-refractivity contribution in [2.45, 2.75) is 19.6 Å². The Hall–Kier alpha value is -1.71. The van der Waals surface area contributed by atoms with Crippen LogP contribution in [0.4, 0.5) is 4.39 Å². The van der Waals surface area contributed by atoms with Crippen LogP contribution in [-0.4, -0.2) is 11.7 Å². The third-order valence-electron chi connectivity index (χ3n) is 3.15. The third-order valence-corrected chi connectivity index (χ3v) is 3.15. The fourth-order valence-corrected chi connectivity index (χ4v) is 1.98. The first-order valence-corrected chi connectivity index (χ1v) is 6.35. The molecule has 2 rings (SSSR count). The Morgan fingerprint density at radius 2 is 1.95 bits per heavy atom. The minimum absolute atomic E-state index is 0.324. The number of benzene rings is 2. The highest BCUT2D eigenvalue weighted by atomic mass is 19.1. The van der Waals surface area contributed by atoms with Crippen molar-refractivity contribution in [2.24, 2.45) is 0 Å². The van der Waals surface area contributed by atoms with Crippen LogP contribution in [0.15, 0.2) is 48.5 Å². The monoisotopic (exact) mass is 259 g/mol. The van der Waals surface area contributed by atoms with Gasteiger partial charge in [0.15, 0.2) is 0 Å². The molecule has 0 bridgehead atoms. The maximum atomic E-state index is 13.0. The number of hydrogen-bond acceptors (Lipinski definition) is 2. The summed E-state index contributed by atoms with van der Waals surface area (Å²) >= 11 is 0. The average molecular weight is 259 g/mol. The molecule has 0 aliphatic rings. The molecule has 0 aromatic heterocycles. The lowest BCUT2D eigenvalue weighted by atomic mass is 10.1. The summed E-state index contributed by atoms with van der Waals surface area (Å²) in [5, 5.41) is 13.2. The Morgan fingerprint density at radius 1 is 1.16 bits per heavy atom. The summed E-state index contributed by atoms with van der Waals surface area (Å²) in [6, 6.07) is 14.2. The molecular weight excluding hydrogens is 241 g/mol. The normalized spacial score (nSPS) is 12.4. The van der Waals surface area contributed by atoms with Crippen molar-refractivity contribution in [1.29, 1.82) is 0 Å². The Balaban J connectivity index is 1.88. The lowest BCUT2D eigenvalue weighted by Gasteiger charge is -2.13. The van der Waals surface area contributed by atoms with Gasteiger partial charge < -0.3 is 10.4 Å². The molecule has 19 heavy (non-hydrogen) atoms. The summed E-state index contributed by atoms with van der Waals surface area (Å²) in [5.41, 5.74) is 3.02. The maximum Gasteiger partial charge on any atom is 0.123 e. The van der Waals surface area contributed by atoms with E-state index in [0.29, 0.717) is 18.7 Å². The SMILES string of the molecule is Cc1ccccc1CNCC(O)c1cccc(F)c1. The zero-order valence-electron chi connectivity index (χ0n) is 10.9. The maximum absolute atomic E-state index is 13.0. The van der Waals surface area contributed by atoms with Crippen LogP contribution in [0.3, 0.4) is 0 Å². The van der Waals surface area contributed by atoms with E-state index in [9.17, 15) is 9.50 Å². The first-order chi connectivity index (χ1) is 9.16. The Bertz CT molecular complexity index is 542. The average Bonchev–Trinajstić information content (AvgIpc) is 2.41. The lowest BCUT2D eigenvalue weighted by molar-refractivity contribution is 0.174. The van der Waals surface area contributed by atoms with Crippen LogP contribution < -0.4 is 5.32 Å². The van der Waals surface area contributed by atoms with Crippen molar-refractivity contribution in [3.63, 3.8) is 0 Å². The number of aliphatic hydroxyl groups excluding tert-OH is 1. The van der Waals surface area contributed by atoms with Crippen LogP contribution in [0.25, 0.3) is 0 Å². The van der Waals surface area contributed by atoms with Crippen molar-refractivity contribution in [1.82, 2.24) is 5.32 Å². The molecule has 0 spiro atoms. The molecule has 0 saturated heterocycles. The summed E-state index contributed by atoms with van der Waals surface area (Å²) in [7, 11) is 0. The first-order valence-electron chi connectivity index (χ1n) is 6.35. The predicted molar refractivity (Wildman–Crippen MR) is 74.2 cm³/mol. The number of aliphatic hydroxyl groups is 1. The highest BCUT2D eigenvalue weighted by Gasteiger charge is 2.07. The summed E-state index contributed by atoms with van der Waals surface area (Å²) in [6.07, 6.45) is -0.695. The molecule has 0 heterocycles. The van der Waals surface area contributed by atoms with E-state index in [1.165, 1.54) is 23.3 Å². The van der Waals surface area contributed by atoms with Gasteiger partial charge in [0.1, 0.15) is 5.82 Å². The van der Waals surface area contributed by atoms with E-state index in [1.807, 2.05) is 12.1 Å². The fourth-order valence-electron chi connectivity index (χ4n) is 1.98. The van der Waals surface area contributed by atoms with Crippen molar-refractivity contribution >= 4 is 0 Å². The molecule has 0 amide bonds. The minimum Gasteiger partial charge on any atom is -0.387 e. The van der Waals surface area contributed by atoms with E-state index in [2.05, 4.69) is 24.4 Å². The molecular formula is C16H18FNO. The molecule has 2 N–H and O–H groups in total. The van der Waals surface area contributed by atoms with Gasteiger partial charge in [-0.05, 0) is 35.7 Å². The van der Waals surface area contributed by atoms with Crippen molar-refractivity contribution < 1.29 is 9.50 Å². The molecule has 0 fully saturated rings. The van der Waals surface area contributed by atoms with E-state index in [4.69, 9.17) is 0 Å². The molecule has 2 nitrogen and oxygen atoms in total. The van der Waals surface area contributed by atoms with Crippen LogP contribution in [0.1, 0.15) is 22.8 Å². The molecule has 0 aliphatic heterocycles.